The molecule has 6 nitrogen and oxygen atoms in total. The van der Waals surface area contributed by atoms with E-state index in [4.69, 9.17) is 13.9 Å². The van der Waals surface area contributed by atoms with Crippen LogP contribution in [0.5, 0.6) is 11.5 Å². The van der Waals surface area contributed by atoms with Gasteiger partial charge < -0.3 is 23.8 Å². The van der Waals surface area contributed by atoms with Gasteiger partial charge in [0.1, 0.15) is 17.3 Å². The Hall–Kier alpha value is -3.15. The van der Waals surface area contributed by atoms with Crippen LogP contribution in [0.2, 0.25) is 0 Å². The Kier molecular flexibility index (Phi) is 5.09. The summed E-state index contributed by atoms with van der Waals surface area (Å²) in [6, 6.07) is 12.6. The van der Waals surface area contributed by atoms with Crippen molar-refractivity contribution in [3.05, 3.63) is 66.9 Å². The van der Waals surface area contributed by atoms with Gasteiger partial charge in [0, 0.05) is 18.5 Å². The Balaban J connectivity index is 1.79. The quantitative estimate of drug-likeness (QED) is 0.712. The fourth-order valence-corrected chi connectivity index (χ4v) is 2.68. The van der Waals surface area contributed by atoms with Gasteiger partial charge >= 0.3 is 0 Å². The molecule has 1 N–H and O–H groups in total. The van der Waals surface area contributed by atoms with Crippen LogP contribution in [0.1, 0.15) is 18.2 Å². The van der Waals surface area contributed by atoms with Crippen molar-refractivity contribution in [1.29, 1.82) is 0 Å². The summed E-state index contributed by atoms with van der Waals surface area (Å²) >= 11 is 0. The lowest BCUT2D eigenvalue weighted by atomic mass is 10.1. The predicted octanol–water partition coefficient (Wildman–Crippen LogP) is 3.72. The van der Waals surface area contributed by atoms with Crippen LogP contribution < -0.4 is 14.8 Å². The topological polar surface area (TPSA) is 65.6 Å². The number of hydrogen-bond acceptors (Lipinski definition) is 4. The first-order valence-corrected chi connectivity index (χ1v) is 7.89. The highest BCUT2D eigenvalue weighted by Crippen LogP contribution is 2.30. The van der Waals surface area contributed by atoms with Crippen molar-refractivity contribution in [3.63, 3.8) is 0 Å². The minimum absolute atomic E-state index is 0.151. The third kappa shape index (κ3) is 3.85. The van der Waals surface area contributed by atoms with Gasteiger partial charge in [0.25, 0.3) is 0 Å². The number of amides is 1. The van der Waals surface area contributed by atoms with Crippen molar-refractivity contribution in [3.8, 4) is 11.5 Å². The van der Waals surface area contributed by atoms with Gasteiger partial charge in [0.05, 0.1) is 38.6 Å². The van der Waals surface area contributed by atoms with Gasteiger partial charge in [-0.05, 0) is 36.4 Å². The third-order valence-electron chi connectivity index (χ3n) is 3.92. The zero-order valence-corrected chi connectivity index (χ0v) is 14.1. The Bertz CT molecular complexity index is 776. The number of rotatable bonds is 7. The maximum atomic E-state index is 12.6. The third-order valence-corrected chi connectivity index (χ3v) is 3.92. The molecule has 1 atom stereocenters. The largest absolute Gasteiger partial charge is 0.497 e. The maximum absolute atomic E-state index is 12.6. The van der Waals surface area contributed by atoms with Crippen LogP contribution in [0, 0.1) is 0 Å². The van der Waals surface area contributed by atoms with Crippen LogP contribution >= 0.6 is 0 Å². The number of nitrogens with zero attached hydrogens (tertiary/aromatic N) is 1. The van der Waals surface area contributed by atoms with Gasteiger partial charge in [-0.2, -0.15) is 0 Å². The highest BCUT2D eigenvalue weighted by molar-refractivity contribution is 5.93. The number of benzene rings is 1. The molecule has 1 amide bonds. The minimum atomic E-state index is -0.221. The lowest BCUT2D eigenvalue weighted by Gasteiger charge is -2.17. The Morgan fingerprint density at radius 3 is 2.60 bits per heavy atom. The van der Waals surface area contributed by atoms with Crippen molar-refractivity contribution >= 4 is 11.6 Å². The fraction of sp³-hybridized carbons (Fsp3) is 0.211. The van der Waals surface area contributed by atoms with Crippen molar-refractivity contribution in [1.82, 2.24) is 4.57 Å². The Morgan fingerprint density at radius 2 is 1.96 bits per heavy atom. The van der Waals surface area contributed by atoms with Crippen molar-refractivity contribution in [2.24, 2.45) is 0 Å². The lowest BCUT2D eigenvalue weighted by molar-refractivity contribution is -0.116. The molecule has 130 valence electrons. The number of nitrogens with one attached hydrogen (secondary N) is 1. The second kappa shape index (κ2) is 7.61. The molecule has 0 spiro atoms. The van der Waals surface area contributed by atoms with Crippen LogP contribution in [-0.2, 0) is 4.79 Å². The molecule has 0 aliphatic rings. The van der Waals surface area contributed by atoms with E-state index in [0.717, 1.165) is 5.76 Å². The molecular weight excluding hydrogens is 320 g/mol. The van der Waals surface area contributed by atoms with E-state index in [-0.39, 0.29) is 18.4 Å². The standard InChI is InChI=1S/C19H20N2O4/c1-23-14-7-8-17(24-2)15(12-14)20-19(22)13-16(18-6-5-11-25-18)21-9-3-4-10-21/h3-12,16H,13H2,1-2H3,(H,20,22)/t16-/m1/s1. The molecule has 0 saturated heterocycles. The molecule has 25 heavy (non-hydrogen) atoms. The van der Waals surface area contributed by atoms with E-state index >= 15 is 0 Å². The molecular formula is C19H20N2O4. The average molecular weight is 340 g/mol. The molecule has 0 saturated carbocycles. The SMILES string of the molecule is COc1ccc(OC)c(NC(=O)C[C@H](c2ccco2)n2cccc2)c1. The molecule has 3 aromatic rings. The highest BCUT2D eigenvalue weighted by Gasteiger charge is 2.20. The summed E-state index contributed by atoms with van der Waals surface area (Å²) in [5, 5.41) is 2.89. The number of methoxy groups -OCH3 is 2. The van der Waals surface area contributed by atoms with Gasteiger partial charge in [-0.15, -0.1) is 0 Å². The molecule has 1 aromatic carbocycles. The van der Waals surface area contributed by atoms with E-state index in [2.05, 4.69) is 5.32 Å². The van der Waals surface area contributed by atoms with E-state index in [9.17, 15) is 4.79 Å². The van der Waals surface area contributed by atoms with E-state index in [0.29, 0.717) is 17.2 Å². The van der Waals surface area contributed by atoms with Crippen molar-refractivity contribution in [2.75, 3.05) is 19.5 Å². The summed E-state index contributed by atoms with van der Waals surface area (Å²) < 4.78 is 18.0. The van der Waals surface area contributed by atoms with Crippen LogP contribution in [0.3, 0.4) is 0 Å². The number of carbonyl (C=O) groups excluding carboxylic acids is 1. The number of furan rings is 1. The van der Waals surface area contributed by atoms with Gasteiger partial charge in [-0.3, -0.25) is 4.79 Å². The average Bonchev–Trinajstić information content (AvgIpc) is 3.33. The van der Waals surface area contributed by atoms with Gasteiger partial charge in [-0.1, -0.05) is 0 Å². The number of anilines is 1. The van der Waals surface area contributed by atoms with Crippen LogP contribution in [0.4, 0.5) is 5.69 Å². The summed E-state index contributed by atoms with van der Waals surface area (Å²) in [5.41, 5.74) is 0.567. The second-order valence-corrected chi connectivity index (χ2v) is 5.48. The van der Waals surface area contributed by atoms with Gasteiger partial charge in [0.15, 0.2) is 0 Å². The molecule has 6 heteroatoms. The second-order valence-electron chi connectivity index (χ2n) is 5.48. The smallest absolute Gasteiger partial charge is 0.227 e. The van der Waals surface area contributed by atoms with E-state index in [1.807, 2.05) is 41.2 Å². The Labute approximate surface area is 146 Å². The molecule has 0 radical (unpaired) electrons. The van der Waals surface area contributed by atoms with Crippen LogP contribution in [0.15, 0.2) is 65.5 Å². The summed E-state index contributed by atoms with van der Waals surface area (Å²) in [6.45, 7) is 0. The van der Waals surface area contributed by atoms with E-state index < -0.39 is 0 Å². The first kappa shape index (κ1) is 16.7. The number of hydrogen-bond donors (Lipinski definition) is 1. The van der Waals surface area contributed by atoms with Crippen LogP contribution in [0.25, 0.3) is 0 Å². The molecule has 2 heterocycles. The normalized spacial score (nSPS) is 11.8. The van der Waals surface area contributed by atoms with Gasteiger partial charge in [0.2, 0.25) is 5.91 Å². The summed E-state index contributed by atoms with van der Waals surface area (Å²) in [4.78, 5) is 12.6. The molecule has 0 aliphatic carbocycles. The van der Waals surface area contributed by atoms with Crippen molar-refractivity contribution in [2.45, 2.75) is 12.5 Å². The number of aromatic nitrogens is 1. The zero-order chi connectivity index (χ0) is 17.6. The molecule has 2 aromatic heterocycles. The Morgan fingerprint density at radius 1 is 1.16 bits per heavy atom. The molecule has 0 unspecified atom stereocenters. The fourth-order valence-electron chi connectivity index (χ4n) is 2.68. The minimum Gasteiger partial charge on any atom is -0.497 e. The number of ether oxygens (including phenoxy) is 2. The summed E-state index contributed by atoms with van der Waals surface area (Å²) in [6.07, 6.45) is 5.65. The van der Waals surface area contributed by atoms with E-state index in [1.54, 1.807) is 38.7 Å². The van der Waals surface area contributed by atoms with Gasteiger partial charge in [-0.25, -0.2) is 0 Å². The van der Waals surface area contributed by atoms with Crippen LogP contribution in [-0.4, -0.2) is 24.7 Å². The molecule has 0 aliphatic heterocycles. The molecule has 0 fully saturated rings. The highest BCUT2D eigenvalue weighted by atomic mass is 16.5. The molecule has 3 rings (SSSR count). The zero-order valence-electron chi connectivity index (χ0n) is 14.1. The predicted molar refractivity (Wildman–Crippen MR) is 94.1 cm³/mol. The number of carbonyl (C=O) groups is 1. The van der Waals surface area contributed by atoms with E-state index in [1.165, 1.54) is 0 Å². The summed E-state index contributed by atoms with van der Waals surface area (Å²) in [7, 11) is 3.13. The first-order chi connectivity index (χ1) is 12.2. The lowest BCUT2D eigenvalue weighted by Crippen LogP contribution is -2.19. The van der Waals surface area contributed by atoms with Crippen molar-refractivity contribution < 1.29 is 18.7 Å². The monoisotopic (exact) mass is 340 g/mol. The summed E-state index contributed by atoms with van der Waals surface area (Å²) in [5.74, 6) is 1.79. The first-order valence-electron chi connectivity index (χ1n) is 7.89. The molecule has 0 bridgehead atoms. The maximum Gasteiger partial charge on any atom is 0.227 e.